The van der Waals surface area contributed by atoms with Crippen LogP contribution in [0.5, 0.6) is 11.5 Å². The standard InChI is InChI=1S/C29H28ClFN4O3.C29H26ClFN2O4.H4N2/c1-38-25-15-18(8-11-23(25)33-27(36)21-16-20(31)9-10-22(21)30)28(37)35-14-13-29(12-4-7-26(29)34-32)17-19-5-2-3-6-24(19)35;1-37-25-15-18(8-11-23(25)32-27(35)21-16-20(31)9-10-22(21)30)28(36)33-14-13-29(12-4-7-26(29)34)17-19-5-2-3-6-24(19)33;1-2/h2-3,5-6,8-11,15-16H,4,7,12-14,17,32H2,1H3,(H,33,36);2-3,5-6,8-11,15-16H,4,7,12-14,17H2,1H3,(H,32,35);1-2H2/b34-26+;;. The molecule has 4 amide bonds. The zero-order valence-corrected chi connectivity index (χ0v) is 44.0. The fourth-order valence-corrected chi connectivity index (χ4v) is 11.5. The molecule has 2 atom stereocenters. The Morgan fingerprint density at radius 3 is 1.49 bits per heavy atom. The quantitative estimate of drug-likeness (QED) is 0.0716. The molecule has 0 bridgehead atoms. The minimum absolute atomic E-state index is 0.00345. The molecule has 10 rings (SSSR count). The lowest BCUT2D eigenvalue weighted by molar-refractivity contribution is -0.126. The maximum absolute atomic E-state index is 13.8. The van der Waals surface area contributed by atoms with Crippen molar-refractivity contribution >= 4 is 81.1 Å². The van der Waals surface area contributed by atoms with Gasteiger partial charge in [0.25, 0.3) is 23.6 Å². The molecular weight excluding hydrogens is 1030 g/mol. The molecule has 2 aliphatic carbocycles. The number of ketones is 1. The second kappa shape index (κ2) is 24.1. The number of carbonyl (C=O) groups is 5. The molecule has 4 aliphatic rings. The molecule has 8 N–H and O–H groups in total. The van der Waals surface area contributed by atoms with Gasteiger partial charge >= 0.3 is 0 Å². The van der Waals surface area contributed by atoms with Gasteiger partial charge in [-0.25, -0.2) is 8.78 Å². The van der Waals surface area contributed by atoms with Crippen molar-refractivity contribution in [3.63, 3.8) is 0 Å². The topological polar surface area (TPSA) is 225 Å². The number of amides is 4. The fraction of sp³-hybridized carbons (Fsp3) is 0.276. The number of para-hydroxylation sites is 2. The van der Waals surface area contributed by atoms with E-state index < -0.39 is 28.9 Å². The Balaban J connectivity index is 0.000000197. The average molecular weight is 1090 g/mol. The monoisotopic (exact) mass is 1090 g/mol. The largest absolute Gasteiger partial charge is 0.495 e. The van der Waals surface area contributed by atoms with E-state index in [-0.39, 0.29) is 49.9 Å². The summed E-state index contributed by atoms with van der Waals surface area (Å²) in [6.07, 6.45) is 8.07. The van der Waals surface area contributed by atoms with Crippen LogP contribution in [0.2, 0.25) is 10.0 Å². The Hall–Kier alpha value is -7.70. The Morgan fingerprint density at radius 1 is 0.597 bits per heavy atom. The molecule has 2 aliphatic heterocycles. The number of anilines is 4. The number of nitrogens with zero attached hydrogens (tertiary/aromatic N) is 3. The van der Waals surface area contributed by atoms with Gasteiger partial charge in [-0.3, -0.25) is 35.7 Å². The zero-order valence-electron chi connectivity index (χ0n) is 42.5. The normalized spacial score (nSPS) is 18.9. The predicted octanol–water partition coefficient (Wildman–Crippen LogP) is 10.7. The summed E-state index contributed by atoms with van der Waals surface area (Å²) in [5, 5.41) is 9.74. The second-order valence-corrected chi connectivity index (χ2v) is 20.1. The number of Topliss-reactive ketones (excluding diaryl/α,β-unsaturated/α-hetero) is 1. The number of methoxy groups -OCH3 is 2. The summed E-state index contributed by atoms with van der Waals surface area (Å²) >= 11 is 12.1. The molecule has 77 heavy (non-hydrogen) atoms. The number of ether oxygens (including phenoxy) is 2. The summed E-state index contributed by atoms with van der Waals surface area (Å²) in [6.45, 7) is 0.953. The number of carbonyl (C=O) groups excluding carboxylic acids is 5. The maximum Gasteiger partial charge on any atom is 0.258 e. The molecule has 6 aromatic rings. The van der Waals surface area contributed by atoms with Crippen LogP contribution in [0, 0.1) is 22.5 Å². The van der Waals surface area contributed by atoms with E-state index in [4.69, 9.17) is 38.5 Å². The van der Waals surface area contributed by atoms with Crippen LogP contribution in [0.15, 0.2) is 126 Å². The molecule has 2 fully saturated rings. The van der Waals surface area contributed by atoms with E-state index in [1.165, 1.54) is 38.5 Å². The molecule has 0 saturated heterocycles. The first-order valence-corrected chi connectivity index (χ1v) is 25.7. The van der Waals surface area contributed by atoms with Crippen LogP contribution in [0.3, 0.4) is 0 Å². The van der Waals surface area contributed by atoms with Gasteiger partial charge in [0.2, 0.25) is 0 Å². The van der Waals surface area contributed by atoms with E-state index in [0.717, 1.165) is 85.3 Å². The van der Waals surface area contributed by atoms with Crippen molar-refractivity contribution in [2.24, 2.45) is 33.5 Å². The number of hydrazone groups is 1. The van der Waals surface area contributed by atoms with Crippen LogP contribution in [0.1, 0.15) is 104 Å². The maximum atomic E-state index is 13.8. The summed E-state index contributed by atoms with van der Waals surface area (Å²) in [4.78, 5) is 69.4. The Bertz CT molecular complexity index is 3290. The van der Waals surface area contributed by atoms with Crippen LogP contribution < -0.4 is 47.4 Å². The van der Waals surface area contributed by atoms with Crippen LogP contribution in [-0.2, 0) is 17.6 Å². The Morgan fingerprint density at radius 2 is 1.04 bits per heavy atom. The molecule has 2 saturated carbocycles. The fourth-order valence-electron chi connectivity index (χ4n) is 11.1. The number of hydrazine groups is 1. The minimum atomic E-state index is -0.602. The van der Waals surface area contributed by atoms with E-state index in [0.29, 0.717) is 60.6 Å². The Kier molecular flexibility index (Phi) is 17.4. The molecule has 400 valence electrons. The molecule has 15 nitrogen and oxygen atoms in total. The van der Waals surface area contributed by atoms with Gasteiger partial charge in [0.1, 0.15) is 28.9 Å². The smallest absolute Gasteiger partial charge is 0.258 e. The van der Waals surface area contributed by atoms with Crippen molar-refractivity contribution in [1.29, 1.82) is 0 Å². The minimum Gasteiger partial charge on any atom is -0.495 e. The van der Waals surface area contributed by atoms with Crippen molar-refractivity contribution in [1.82, 2.24) is 0 Å². The van der Waals surface area contributed by atoms with E-state index in [1.807, 2.05) is 42.5 Å². The molecule has 0 radical (unpaired) electrons. The highest BCUT2D eigenvalue weighted by Crippen LogP contribution is 2.47. The van der Waals surface area contributed by atoms with E-state index >= 15 is 0 Å². The first-order valence-electron chi connectivity index (χ1n) is 25.0. The van der Waals surface area contributed by atoms with Crippen molar-refractivity contribution in [3.8, 4) is 11.5 Å². The second-order valence-electron chi connectivity index (χ2n) is 19.3. The van der Waals surface area contributed by atoms with Crippen LogP contribution >= 0.6 is 23.2 Å². The number of benzene rings is 6. The number of rotatable bonds is 8. The van der Waals surface area contributed by atoms with Crippen LogP contribution in [0.25, 0.3) is 0 Å². The molecular formula is C58H58Cl2F2N8O7. The average Bonchev–Trinajstić information content (AvgIpc) is 3.92. The summed E-state index contributed by atoms with van der Waals surface area (Å²) in [5.41, 5.74) is 5.66. The third-order valence-electron chi connectivity index (χ3n) is 15.0. The third kappa shape index (κ3) is 11.7. The van der Waals surface area contributed by atoms with Crippen molar-refractivity contribution in [2.45, 2.75) is 64.2 Å². The highest BCUT2D eigenvalue weighted by Gasteiger charge is 2.45. The van der Waals surface area contributed by atoms with E-state index in [2.05, 4.69) is 33.5 Å². The van der Waals surface area contributed by atoms with Crippen molar-refractivity contribution in [2.75, 3.05) is 47.7 Å². The number of hydrogen-bond acceptors (Lipinski definition) is 11. The first-order chi connectivity index (χ1) is 37.2. The van der Waals surface area contributed by atoms with E-state index in [9.17, 15) is 32.8 Å². The summed E-state index contributed by atoms with van der Waals surface area (Å²) in [6, 6.07) is 32.4. The van der Waals surface area contributed by atoms with Gasteiger partial charge < -0.3 is 35.7 Å². The molecule has 2 unspecified atom stereocenters. The number of hydrogen-bond donors (Lipinski definition) is 5. The van der Waals surface area contributed by atoms with Crippen LogP contribution in [-0.4, -0.2) is 62.4 Å². The van der Waals surface area contributed by atoms with Gasteiger partial charge in [0, 0.05) is 58.6 Å². The third-order valence-corrected chi connectivity index (χ3v) is 15.6. The molecule has 2 spiro atoms. The highest BCUT2D eigenvalue weighted by molar-refractivity contribution is 6.35. The number of fused-ring (bicyclic) bond motifs is 2. The summed E-state index contributed by atoms with van der Waals surface area (Å²) in [5.74, 6) is 11.9. The van der Waals surface area contributed by atoms with Gasteiger partial charge in [-0.15, -0.1) is 0 Å². The summed E-state index contributed by atoms with van der Waals surface area (Å²) < 4.78 is 38.3. The van der Waals surface area contributed by atoms with E-state index in [1.54, 1.807) is 46.2 Å². The SMILES string of the molecule is COc1cc(C(=O)N2CCC3(CCC/C3=N\N)Cc3ccccc32)ccc1NC(=O)c1cc(F)ccc1Cl.COc1cc(C(=O)N2CCC3(CCCC3=O)Cc3ccccc32)ccc1NC(=O)c1cc(F)ccc1Cl.NN. The van der Waals surface area contributed by atoms with Crippen LogP contribution in [0.4, 0.5) is 31.5 Å². The summed E-state index contributed by atoms with van der Waals surface area (Å²) in [7, 11) is 2.89. The predicted molar refractivity (Wildman–Crippen MR) is 295 cm³/mol. The lowest BCUT2D eigenvalue weighted by Gasteiger charge is -2.28. The molecule has 0 aromatic heterocycles. The van der Waals surface area contributed by atoms with Crippen molar-refractivity contribution < 1.29 is 42.2 Å². The number of halogens is 4. The highest BCUT2D eigenvalue weighted by atomic mass is 35.5. The van der Waals surface area contributed by atoms with Crippen molar-refractivity contribution in [3.05, 3.63) is 176 Å². The first kappa shape index (κ1) is 55.5. The lowest BCUT2D eigenvalue weighted by Crippen LogP contribution is -2.35. The number of nitrogens with two attached hydrogens (primary N) is 3. The Labute approximate surface area is 454 Å². The van der Waals surface area contributed by atoms with Gasteiger partial charge in [-0.2, -0.15) is 5.10 Å². The van der Waals surface area contributed by atoms with Gasteiger partial charge in [-0.1, -0.05) is 59.6 Å². The molecule has 19 heteroatoms. The van der Waals surface area contributed by atoms with Gasteiger partial charge in [-0.05, 0) is 154 Å². The zero-order chi connectivity index (χ0) is 55.0. The number of nitrogens with one attached hydrogen (secondary N) is 2. The van der Waals surface area contributed by atoms with Gasteiger partial charge in [0.15, 0.2) is 0 Å². The molecule has 2 heterocycles. The lowest BCUT2D eigenvalue weighted by atomic mass is 9.76. The molecule has 6 aromatic carbocycles. The van der Waals surface area contributed by atoms with Gasteiger partial charge in [0.05, 0.1) is 46.8 Å².